The van der Waals surface area contributed by atoms with Crippen LogP contribution >= 0.6 is 11.6 Å². The third kappa shape index (κ3) is 5.13. The molecule has 1 amide bonds. The number of halogens is 1. The number of nitrogens with one attached hydrogen (secondary N) is 2. The second kappa shape index (κ2) is 8.55. The van der Waals surface area contributed by atoms with E-state index in [2.05, 4.69) is 29.5 Å². The van der Waals surface area contributed by atoms with Crippen LogP contribution in [0.5, 0.6) is 5.75 Å². The van der Waals surface area contributed by atoms with Gasteiger partial charge in [-0.1, -0.05) is 25.4 Å². The topological polar surface area (TPSA) is 63.2 Å². The van der Waals surface area contributed by atoms with E-state index < -0.39 is 0 Å². The Bertz CT molecular complexity index is 704. The van der Waals surface area contributed by atoms with Gasteiger partial charge in [0.05, 0.1) is 23.4 Å². The van der Waals surface area contributed by atoms with Gasteiger partial charge in [0.2, 0.25) is 0 Å². The smallest absolute Gasteiger partial charge is 0.257 e. The fourth-order valence-electron chi connectivity index (χ4n) is 2.11. The van der Waals surface area contributed by atoms with Crippen molar-refractivity contribution >= 4 is 28.9 Å². The molecule has 0 saturated carbocycles. The molecule has 24 heavy (non-hydrogen) atoms. The molecule has 0 atom stereocenters. The molecule has 2 aromatic rings. The summed E-state index contributed by atoms with van der Waals surface area (Å²) in [6, 6.07) is 6.88. The van der Waals surface area contributed by atoms with Crippen LogP contribution < -0.4 is 15.4 Å². The number of carbonyl (C=O) groups excluding carboxylic acids is 1. The van der Waals surface area contributed by atoms with Crippen molar-refractivity contribution in [2.24, 2.45) is 5.92 Å². The molecule has 2 N–H and O–H groups in total. The number of hydrogen-bond acceptors (Lipinski definition) is 4. The van der Waals surface area contributed by atoms with Crippen LogP contribution in [0.2, 0.25) is 5.02 Å². The summed E-state index contributed by atoms with van der Waals surface area (Å²) in [4.78, 5) is 16.5. The lowest BCUT2D eigenvalue weighted by Gasteiger charge is -2.10. The van der Waals surface area contributed by atoms with E-state index in [-0.39, 0.29) is 5.91 Å². The number of anilines is 2. The Morgan fingerprint density at radius 1 is 1.25 bits per heavy atom. The first-order valence-electron chi connectivity index (χ1n) is 7.83. The first-order valence-corrected chi connectivity index (χ1v) is 8.21. The number of aromatic nitrogens is 1. The van der Waals surface area contributed by atoms with Crippen LogP contribution in [0, 0.1) is 5.92 Å². The van der Waals surface area contributed by atoms with Gasteiger partial charge in [-0.15, -0.1) is 0 Å². The molecule has 0 aliphatic carbocycles. The standard InChI is InChI=1S/C18H22ClN3O2/c1-12(2)6-7-21-15-8-13(10-20-11-15)18(23)22-14-4-5-17(24-3)16(19)9-14/h4-5,8-12,21H,6-7H2,1-3H3,(H,22,23). The van der Waals surface area contributed by atoms with Crippen LogP contribution in [0.4, 0.5) is 11.4 Å². The molecule has 6 heteroatoms. The number of benzene rings is 1. The van der Waals surface area contributed by atoms with Crippen molar-refractivity contribution in [1.82, 2.24) is 4.98 Å². The van der Waals surface area contributed by atoms with E-state index in [4.69, 9.17) is 16.3 Å². The molecule has 1 aromatic carbocycles. The van der Waals surface area contributed by atoms with Gasteiger partial charge in [-0.05, 0) is 36.6 Å². The van der Waals surface area contributed by atoms with Crippen molar-refractivity contribution in [3.63, 3.8) is 0 Å². The van der Waals surface area contributed by atoms with Gasteiger partial charge < -0.3 is 15.4 Å². The minimum absolute atomic E-state index is 0.240. The number of hydrogen-bond donors (Lipinski definition) is 2. The minimum Gasteiger partial charge on any atom is -0.495 e. The van der Waals surface area contributed by atoms with Crippen molar-refractivity contribution in [1.29, 1.82) is 0 Å². The van der Waals surface area contributed by atoms with E-state index in [1.54, 1.807) is 37.6 Å². The summed E-state index contributed by atoms with van der Waals surface area (Å²) < 4.78 is 5.10. The Morgan fingerprint density at radius 2 is 2.04 bits per heavy atom. The van der Waals surface area contributed by atoms with Gasteiger partial charge in [0.1, 0.15) is 5.75 Å². The summed E-state index contributed by atoms with van der Waals surface area (Å²) in [5, 5.41) is 6.53. The van der Waals surface area contributed by atoms with Crippen molar-refractivity contribution in [3.05, 3.63) is 47.2 Å². The summed E-state index contributed by atoms with van der Waals surface area (Å²) in [5.74, 6) is 0.945. The Hall–Kier alpha value is -2.27. The first kappa shape index (κ1) is 18.1. The third-order valence-corrected chi connectivity index (χ3v) is 3.76. The van der Waals surface area contributed by atoms with Crippen molar-refractivity contribution in [2.45, 2.75) is 20.3 Å². The van der Waals surface area contributed by atoms with Gasteiger partial charge in [-0.3, -0.25) is 9.78 Å². The van der Waals surface area contributed by atoms with Crippen molar-refractivity contribution in [2.75, 3.05) is 24.3 Å². The number of pyridine rings is 1. The molecule has 1 aromatic heterocycles. The second-order valence-corrected chi connectivity index (χ2v) is 6.28. The number of carbonyl (C=O) groups is 1. The summed E-state index contributed by atoms with van der Waals surface area (Å²) in [5.41, 5.74) is 1.91. The van der Waals surface area contributed by atoms with Crippen LogP contribution in [0.3, 0.4) is 0 Å². The van der Waals surface area contributed by atoms with Crippen LogP contribution in [0.25, 0.3) is 0 Å². The van der Waals surface area contributed by atoms with Gasteiger partial charge in [0.25, 0.3) is 5.91 Å². The average Bonchev–Trinajstić information content (AvgIpc) is 2.55. The molecular weight excluding hydrogens is 326 g/mol. The largest absolute Gasteiger partial charge is 0.495 e. The maximum absolute atomic E-state index is 12.4. The highest BCUT2D eigenvalue weighted by Gasteiger charge is 2.09. The molecule has 0 saturated heterocycles. The van der Waals surface area contributed by atoms with Gasteiger partial charge in [-0.2, -0.15) is 0 Å². The molecule has 0 spiro atoms. The maximum Gasteiger partial charge on any atom is 0.257 e. The Kier molecular flexibility index (Phi) is 6.44. The normalized spacial score (nSPS) is 10.5. The molecule has 1 heterocycles. The quantitative estimate of drug-likeness (QED) is 0.776. The first-order chi connectivity index (χ1) is 11.5. The van der Waals surface area contributed by atoms with Crippen LogP contribution in [0.1, 0.15) is 30.6 Å². The molecule has 0 fully saturated rings. The highest BCUT2D eigenvalue weighted by Crippen LogP contribution is 2.27. The molecule has 128 valence electrons. The molecule has 0 aliphatic heterocycles. The van der Waals surface area contributed by atoms with Gasteiger partial charge in [-0.25, -0.2) is 0 Å². The van der Waals surface area contributed by atoms with E-state index in [0.717, 1.165) is 18.7 Å². The highest BCUT2D eigenvalue weighted by atomic mass is 35.5. The Balaban J connectivity index is 2.03. The number of amides is 1. The predicted octanol–water partition coefficient (Wildman–Crippen LogP) is 4.45. The van der Waals surface area contributed by atoms with Crippen LogP contribution in [0.15, 0.2) is 36.7 Å². The van der Waals surface area contributed by atoms with Gasteiger partial charge >= 0.3 is 0 Å². The van der Waals surface area contributed by atoms with E-state index in [1.165, 1.54) is 6.20 Å². The van der Waals surface area contributed by atoms with Crippen molar-refractivity contribution < 1.29 is 9.53 Å². The average molecular weight is 348 g/mol. The monoisotopic (exact) mass is 347 g/mol. The Morgan fingerprint density at radius 3 is 2.71 bits per heavy atom. The molecule has 0 radical (unpaired) electrons. The highest BCUT2D eigenvalue weighted by molar-refractivity contribution is 6.32. The summed E-state index contributed by atoms with van der Waals surface area (Å²) in [6.07, 6.45) is 4.30. The summed E-state index contributed by atoms with van der Waals surface area (Å²) in [6.45, 7) is 5.19. The molecule has 0 aliphatic rings. The fourth-order valence-corrected chi connectivity index (χ4v) is 2.37. The van der Waals surface area contributed by atoms with Crippen molar-refractivity contribution in [3.8, 4) is 5.75 Å². The van der Waals surface area contributed by atoms with E-state index >= 15 is 0 Å². The van der Waals surface area contributed by atoms with E-state index in [9.17, 15) is 4.79 Å². The minimum atomic E-state index is -0.240. The maximum atomic E-state index is 12.4. The second-order valence-electron chi connectivity index (χ2n) is 5.88. The van der Waals surface area contributed by atoms with E-state index in [1.807, 2.05) is 0 Å². The van der Waals surface area contributed by atoms with E-state index in [0.29, 0.717) is 27.9 Å². The lowest BCUT2D eigenvalue weighted by atomic mass is 10.1. The number of rotatable bonds is 7. The lowest BCUT2D eigenvalue weighted by molar-refractivity contribution is 0.102. The van der Waals surface area contributed by atoms with Crippen LogP contribution in [-0.4, -0.2) is 24.5 Å². The SMILES string of the molecule is COc1ccc(NC(=O)c2cncc(NCCC(C)C)c2)cc1Cl. The zero-order chi connectivity index (χ0) is 17.5. The van der Waals surface area contributed by atoms with Crippen LogP contribution in [-0.2, 0) is 0 Å². The zero-order valence-electron chi connectivity index (χ0n) is 14.1. The number of nitrogens with zero attached hydrogens (tertiary/aromatic N) is 1. The molecular formula is C18H22ClN3O2. The molecule has 0 bridgehead atoms. The Labute approximate surface area is 147 Å². The third-order valence-electron chi connectivity index (χ3n) is 3.46. The summed E-state index contributed by atoms with van der Waals surface area (Å²) >= 11 is 6.07. The number of ether oxygens (including phenoxy) is 1. The molecule has 0 unspecified atom stereocenters. The molecule has 2 rings (SSSR count). The fraction of sp³-hybridized carbons (Fsp3) is 0.333. The molecule has 5 nitrogen and oxygen atoms in total. The summed E-state index contributed by atoms with van der Waals surface area (Å²) in [7, 11) is 1.54. The number of methoxy groups -OCH3 is 1. The predicted molar refractivity (Wildman–Crippen MR) is 98.1 cm³/mol. The van der Waals surface area contributed by atoms with Gasteiger partial charge in [0.15, 0.2) is 0 Å². The lowest BCUT2D eigenvalue weighted by Crippen LogP contribution is -2.13. The van der Waals surface area contributed by atoms with Gasteiger partial charge in [0, 0.05) is 24.6 Å². The zero-order valence-corrected chi connectivity index (χ0v) is 14.9.